The summed E-state index contributed by atoms with van der Waals surface area (Å²) < 4.78 is 26.5. The van der Waals surface area contributed by atoms with Crippen LogP contribution in [0.2, 0.25) is 0 Å². The molecular formula is C17H16F2N4O2. The van der Waals surface area contributed by atoms with Crippen molar-refractivity contribution in [1.29, 1.82) is 0 Å². The third kappa shape index (κ3) is 5.61. The van der Waals surface area contributed by atoms with Gasteiger partial charge in [0, 0.05) is 24.0 Å². The smallest absolute Gasteiger partial charge is 0.323 e. The Labute approximate surface area is 142 Å². The minimum atomic E-state index is -0.748. The number of rotatable bonds is 5. The van der Waals surface area contributed by atoms with Crippen LogP contribution in [0.15, 0.2) is 55.1 Å². The molecule has 4 N–H and O–H groups in total. The van der Waals surface area contributed by atoms with Gasteiger partial charge in [0.15, 0.2) is 0 Å². The number of hydrogen-bond donors (Lipinski definition) is 4. The SMILES string of the molecule is C=CCNC(=O)Nc1ccc(NC(=O)Nc2cc(F)ccc2F)cc1. The van der Waals surface area contributed by atoms with Gasteiger partial charge in [0.2, 0.25) is 0 Å². The Kier molecular flexibility index (Phi) is 6.05. The molecule has 8 heteroatoms. The first kappa shape index (κ1) is 17.9. The van der Waals surface area contributed by atoms with Gasteiger partial charge in [-0.25, -0.2) is 18.4 Å². The lowest BCUT2D eigenvalue weighted by atomic mass is 10.3. The van der Waals surface area contributed by atoms with Gasteiger partial charge in [0.05, 0.1) is 5.69 Å². The Morgan fingerprint density at radius 1 is 0.920 bits per heavy atom. The Hall–Kier alpha value is -3.42. The van der Waals surface area contributed by atoms with Crippen LogP contribution in [0.4, 0.5) is 35.4 Å². The minimum Gasteiger partial charge on any atom is -0.334 e. The first-order chi connectivity index (χ1) is 12.0. The Bertz CT molecular complexity index is 779. The van der Waals surface area contributed by atoms with Gasteiger partial charge in [-0.15, -0.1) is 6.58 Å². The number of urea groups is 2. The number of benzene rings is 2. The Morgan fingerprint density at radius 3 is 2.12 bits per heavy atom. The highest BCUT2D eigenvalue weighted by Gasteiger charge is 2.08. The van der Waals surface area contributed by atoms with Crippen molar-refractivity contribution >= 4 is 29.1 Å². The van der Waals surface area contributed by atoms with E-state index in [0.717, 1.165) is 18.2 Å². The average Bonchev–Trinajstić information content (AvgIpc) is 2.58. The van der Waals surface area contributed by atoms with E-state index in [1.54, 1.807) is 30.3 Å². The van der Waals surface area contributed by atoms with Crippen LogP contribution < -0.4 is 21.3 Å². The summed E-state index contributed by atoms with van der Waals surface area (Å²) in [5.74, 6) is -1.41. The summed E-state index contributed by atoms with van der Waals surface area (Å²) in [5, 5.41) is 9.83. The molecule has 0 saturated heterocycles. The molecule has 2 aromatic carbocycles. The third-order valence-corrected chi connectivity index (χ3v) is 2.98. The molecule has 0 radical (unpaired) electrons. The fraction of sp³-hybridized carbons (Fsp3) is 0.0588. The molecule has 130 valence electrons. The standard InChI is InChI=1S/C17H16F2N4O2/c1-2-9-20-16(24)21-12-4-6-13(7-5-12)22-17(25)23-15-10-11(18)3-8-14(15)19/h2-8,10H,1,9H2,(H2,20,21,24)(H2,22,23,25). The molecule has 0 aliphatic heterocycles. The van der Waals surface area contributed by atoms with Crippen LogP contribution in [-0.4, -0.2) is 18.6 Å². The second kappa shape index (κ2) is 8.44. The van der Waals surface area contributed by atoms with E-state index in [4.69, 9.17) is 0 Å². The van der Waals surface area contributed by atoms with E-state index in [1.165, 1.54) is 0 Å². The molecule has 0 aliphatic carbocycles. The summed E-state index contributed by atoms with van der Waals surface area (Å²) in [4.78, 5) is 23.3. The van der Waals surface area contributed by atoms with Gasteiger partial charge in [-0.2, -0.15) is 0 Å². The molecule has 25 heavy (non-hydrogen) atoms. The highest BCUT2D eigenvalue weighted by molar-refractivity contribution is 6.00. The van der Waals surface area contributed by atoms with Gasteiger partial charge in [-0.3, -0.25) is 0 Å². The molecule has 0 aliphatic rings. The molecule has 6 nitrogen and oxygen atoms in total. The van der Waals surface area contributed by atoms with Crippen molar-refractivity contribution in [2.75, 3.05) is 22.5 Å². The zero-order valence-electron chi connectivity index (χ0n) is 13.1. The van der Waals surface area contributed by atoms with Crippen LogP contribution in [0.5, 0.6) is 0 Å². The van der Waals surface area contributed by atoms with E-state index >= 15 is 0 Å². The van der Waals surface area contributed by atoms with Crippen LogP contribution in [-0.2, 0) is 0 Å². The predicted octanol–water partition coefficient (Wildman–Crippen LogP) is 3.92. The number of hydrogen-bond acceptors (Lipinski definition) is 2. The normalized spacial score (nSPS) is 9.84. The molecule has 0 heterocycles. The summed E-state index contributed by atoms with van der Waals surface area (Å²) >= 11 is 0. The van der Waals surface area contributed by atoms with Crippen molar-refractivity contribution in [3.8, 4) is 0 Å². The van der Waals surface area contributed by atoms with Crippen molar-refractivity contribution in [3.05, 3.63) is 66.8 Å². The van der Waals surface area contributed by atoms with Crippen molar-refractivity contribution in [2.24, 2.45) is 0 Å². The summed E-state index contributed by atoms with van der Waals surface area (Å²) in [6.07, 6.45) is 1.55. The van der Waals surface area contributed by atoms with E-state index < -0.39 is 17.7 Å². The van der Waals surface area contributed by atoms with Gasteiger partial charge < -0.3 is 21.3 Å². The average molecular weight is 346 g/mol. The fourth-order valence-electron chi connectivity index (χ4n) is 1.85. The van der Waals surface area contributed by atoms with Gasteiger partial charge in [-0.1, -0.05) is 6.08 Å². The van der Waals surface area contributed by atoms with Gasteiger partial charge in [-0.05, 0) is 36.4 Å². The molecule has 2 aromatic rings. The molecule has 0 spiro atoms. The first-order valence-corrected chi connectivity index (χ1v) is 7.27. The number of amides is 4. The maximum atomic E-state index is 13.5. The molecule has 0 fully saturated rings. The number of anilines is 3. The lowest BCUT2D eigenvalue weighted by Gasteiger charge is -2.10. The molecule has 2 rings (SSSR count). The van der Waals surface area contributed by atoms with Crippen LogP contribution in [0.1, 0.15) is 0 Å². The molecular weight excluding hydrogens is 330 g/mol. The molecule has 0 atom stereocenters. The van der Waals surface area contributed by atoms with Crippen LogP contribution >= 0.6 is 0 Å². The van der Waals surface area contributed by atoms with Crippen molar-refractivity contribution in [3.63, 3.8) is 0 Å². The lowest BCUT2D eigenvalue weighted by molar-refractivity contribution is 0.253. The van der Waals surface area contributed by atoms with Crippen molar-refractivity contribution < 1.29 is 18.4 Å². The molecule has 0 unspecified atom stereocenters. The highest BCUT2D eigenvalue weighted by Crippen LogP contribution is 2.17. The zero-order valence-corrected chi connectivity index (χ0v) is 13.1. The second-order valence-corrected chi connectivity index (χ2v) is 4.90. The van der Waals surface area contributed by atoms with E-state index in [-0.39, 0.29) is 11.7 Å². The monoisotopic (exact) mass is 346 g/mol. The van der Waals surface area contributed by atoms with E-state index in [1.807, 2.05) is 0 Å². The van der Waals surface area contributed by atoms with Gasteiger partial charge >= 0.3 is 12.1 Å². The summed E-state index contributed by atoms with van der Waals surface area (Å²) in [7, 11) is 0. The first-order valence-electron chi connectivity index (χ1n) is 7.27. The van der Waals surface area contributed by atoms with Crippen LogP contribution in [0.25, 0.3) is 0 Å². The third-order valence-electron chi connectivity index (χ3n) is 2.98. The maximum absolute atomic E-state index is 13.5. The minimum absolute atomic E-state index is 0.269. The summed E-state index contributed by atoms with van der Waals surface area (Å²) in [5.41, 5.74) is 0.657. The van der Waals surface area contributed by atoms with Gasteiger partial charge in [0.1, 0.15) is 11.6 Å². The van der Waals surface area contributed by atoms with Crippen molar-refractivity contribution in [2.45, 2.75) is 0 Å². The largest absolute Gasteiger partial charge is 0.334 e. The number of halogens is 2. The van der Waals surface area contributed by atoms with E-state index in [9.17, 15) is 18.4 Å². The number of nitrogens with one attached hydrogen (secondary N) is 4. The fourth-order valence-corrected chi connectivity index (χ4v) is 1.85. The van der Waals surface area contributed by atoms with Crippen LogP contribution in [0.3, 0.4) is 0 Å². The Morgan fingerprint density at radius 2 is 1.52 bits per heavy atom. The Balaban J connectivity index is 1.92. The van der Waals surface area contributed by atoms with E-state index in [0.29, 0.717) is 17.9 Å². The zero-order chi connectivity index (χ0) is 18.2. The van der Waals surface area contributed by atoms with Crippen molar-refractivity contribution in [1.82, 2.24) is 5.32 Å². The van der Waals surface area contributed by atoms with E-state index in [2.05, 4.69) is 27.8 Å². The summed E-state index contributed by atoms with van der Waals surface area (Å²) in [6.45, 7) is 3.82. The molecule has 0 bridgehead atoms. The lowest BCUT2D eigenvalue weighted by Crippen LogP contribution is -2.28. The second-order valence-electron chi connectivity index (χ2n) is 4.90. The highest BCUT2D eigenvalue weighted by atomic mass is 19.1. The number of carbonyl (C=O) groups excluding carboxylic acids is 2. The summed E-state index contributed by atoms with van der Waals surface area (Å²) in [6, 6.07) is 7.88. The van der Waals surface area contributed by atoms with Gasteiger partial charge in [0.25, 0.3) is 0 Å². The molecule has 0 aromatic heterocycles. The number of carbonyl (C=O) groups is 2. The predicted molar refractivity (Wildman–Crippen MR) is 92.7 cm³/mol. The maximum Gasteiger partial charge on any atom is 0.323 e. The quantitative estimate of drug-likeness (QED) is 0.619. The topological polar surface area (TPSA) is 82.3 Å². The van der Waals surface area contributed by atoms with Crippen LogP contribution in [0, 0.1) is 11.6 Å². The molecule has 4 amide bonds. The molecule has 0 saturated carbocycles.